The standard InChI is InChI=1S/C10H15N.C8H12N2/c1-7(2)10-6-11-5-8(3)9(10)4;1-6(2)8-4-9-5-10-7(8)3/h5-7H,1-4H3;4-6H,1-3H3. The van der Waals surface area contributed by atoms with Gasteiger partial charge in [-0.1, -0.05) is 27.7 Å². The second-order valence-corrected chi connectivity index (χ2v) is 6.04. The Morgan fingerprint density at radius 1 is 0.762 bits per heavy atom. The predicted octanol–water partition coefficient (Wildman–Crippen LogP) is 4.73. The van der Waals surface area contributed by atoms with Gasteiger partial charge in [-0.15, -0.1) is 0 Å². The molecule has 0 bridgehead atoms. The maximum absolute atomic E-state index is 4.17. The first-order valence-electron chi connectivity index (χ1n) is 7.52. The molecule has 0 atom stereocenters. The van der Waals surface area contributed by atoms with Crippen molar-refractivity contribution in [2.24, 2.45) is 0 Å². The van der Waals surface area contributed by atoms with Crippen LogP contribution in [0.2, 0.25) is 0 Å². The summed E-state index contributed by atoms with van der Waals surface area (Å²) in [5.74, 6) is 1.11. The molecular weight excluding hydrogens is 258 g/mol. The number of rotatable bonds is 2. The first kappa shape index (κ1) is 17.3. The van der Waals surface area contributed by atoms with Crippen molar-refractivity contribution in [2.75, 3.05) is 0 Å². The second-order valence-electron chi connectivity index (χ2n) is 6.04. The lowest BCUT2D eigenvalue weighted by Crippen LogP contribution is -1.95. The van der Waals surface area contributed by atoms with Gasteiger partial charge in [0.2, 0.25) is 0 Å². The zero-order chi connectivity index (χ0) is 16.0. The van der Waals surface area contributed by atoms with Crippen LogP contribution in [0.5, 0.6) is 0 Å². The number of nitrogens with zero attached hydrogens (tertiary/aromatic N) is 3. The molecule has 0 aliphatic carbocycles. The third-order valence-corrected chi connectivity index (χ3v) is 3.70. The molecule has 0 aliphatic heterocycles. The summed E-state index contributed by atoms with van der Waals surface area (Å²) in [4.78, 5) is 12.2. The van der Waals surface area contributed by atoms with Crippen molar-refractivity contribution in [3.05, 3.63) is 52.9 Å². The lowest BCUT2D eigenvalue weighted by atomic mass is 9.98. The minimum atomic E-state index is 0.529. The van der Waals surface area contributed by atoms with Crippen LogP contribution in [-0.2, 0) is 0 Å². The van der Waals surface area contributed by atoms with Crippen LogP contribution in [0.4, 0.5) is 0 Å². The molecule has 3 heteroatoms. The molecule has 0 saturated carbocycles. The highest BCUT2D eigenvalue weighted by Gasteiger charge is 2.04. The van der Waals surface area contributed by atoms with E-state index in [9.17, 15) is 0 Å². The third kappa shape index (κ3) is 4.92. The van der Waals surface area contributed by atoms with E-state index in [4.69, 9.17) is 0 Å². The fourth-order valence-electron chi connectivity index (χ4n) is 2.20. The number of aromatic nitrogens is 3. The Bertz CT molecular complexity index is 574. The van der Waals surface area contributed by atoms with Crippen molar-refractivity contribution >= 4 is 0 Å². The molecule has 0 fully saturated rings. The van der Waals surface area contributed by atoms with E-state index >= 15 is 0 Å². The molecule has 2 aromatic rings. The number of hydrogen-bond acceptors (Lipinski definition) is 3. The largest absolute Gasteiger partial charge is 0.264 e. The van der Waals surface area contributed by atoms with E-state index in [0.717, 1.165) is 5.69 Å². The van der Waals surface area contributed by atoms with E-state index in [2.05, 4.69) is 56.5 Å². The van der Waals surface area contributed by atoms with E-state index in [1.165, 1.54) is 22.3 Å². The first-order chi connectivity index (χ1) is 9.84. The summed E-state index contributed by atoms with van der Waals surface area (Å²) in [5.41, 5.74) is 6.36. The van der Waals surface area contributed by atoms with Gasteiger partial charge in [-0.2, -0.15) is 0 Å². The van der Waals surface area contributed by atoms with E-state index < -0.39 is 0 Å². The number of aryl methyl sites for hydroxylation is 2. The van der Waals surface area contributed by atoms with Gasteiger partial charge in [0.25, 0.3) is 0 Å². The Labute approximate surface area is 128 Å². The van der Waals surface area contributed by atoms with Crippen LogP contribution in [0.15, 0.2) is 24.9 Å². The molecule has 0 aromatic carbocycles. The summed E-state index contributed by atoms with van der Waals surface area (Å²) in [5, 5.41) is 0. The Balaban J connectivity index is 0.000000211. The van der Waals surface area contributed by atoms with Crippen LogP contribution in [0, 0.1) is 20.8 Å². The Kier molecular flexibility index (Phi) is 6.47. The van der Waals surface area contributed by atoms with Crippen molar-refractivity contribution < 1.29 is 0 Å². The van der Waals surface area contributed by atoms with Gasteiger partial charge in [-0.05, 0) is 54.9 Å². The van der Waals surface area contributed by atoms with Crippen molar-refractivity contribution in [1.82, 2.24) is 15.0 Å². The number of hydrogen-bond donors (Lipinski definition) is 0. The van der Waals surface area contributed by atoms with Gasteiger partial charge >= 0.3 is 0 Å². The van der Waals surface area contributed by atoms with Gasteiger partial charge in [-0.3, -0.25) is 4.98 Å². The van der Waals surface area contributed by atoms with Crippen LogP contribution in [0.25, 0.3) is 0 Å². The van der Waals surface area contributed by atoms with E-state index in [1.54, 1.807) is 6.33 Å². The van der Waals surface area contributed by atoms with Gasteiger partial charge < -0.3 is 0 Å². The van der Waals surface area contributed by atoms with Crippen LogP contribution in [0.3, 0.4) is 0 Å². The topological polar surface area (TPSA) is 38.7 Å². The lowest BCUT2D eigenvalue weighted by Gasteiger charge is -2.09. The van der Waals surface area contributed by atoms with Crippen LogP contribution in [0.1, 0.15) is 67.5 Å². The van der Waals surface area contributed by atoms with Crippen molar-refractivity contribution in [2.45, 2.75) is 60.3 Å². The molecule has 0 N–H and O–H groups in total. The molecule has 114 valence electrons. The molecule has 0 unspecified atom stereocenters. The minimum Gasteiger partial charge on any atom is -0.264 e. The second kappa shape index (κ2) is 7.87. The normalized spacial score (nSPS) is 10.5. The fraction of sp³-hybridized carbons (Fsp3) is 0.500. The zero-order valence-electron chi connectivity index (χ0n) is 14.3. The molecule has 0 aliphatic rings. The maximum Gasteiger partial charge on any atom is 0.115 e. The molecule has 0 radical (unpaired) electrons. The maximum atomic E-state index is 4.17. The highest BCUT2D eigenvalue weighted by Crippen LogP contribution is 2.19. The monoisotopic (exact) mass is 285 g/mol. The molecular formula is C18H27N3. The van der Waals surface area contributed by atoms with E-state index in [-0.39, 0.29) is 0 Å². The summed E-state index contributed by atoms with van der Waals surface area (Å²) in [6.07, 6.45) is 7.35. The van der Waals surface area contributed by atoms with Gasteiger partial charge in [0.1, 0.15) is 6.33 Å². The van der Waals surface area contributed by atoms with E-state index in [1.807, 2.05) is 25.5 Å². The molecule has 0 spiro atoms. The average molecular weight is 285 g/mol. The summed E-state index contributed by atoms with van der Waals surface area (Å²) in [6, 6.07) is 0. The minimum absolute atomic E-state index is 0.529. The lowest BCUT2D eigenvalue weighted by molar-refractivity contribution is 0.828. The van der Waals surface area contributed by atoms with Gasteiger partial charge in [0.15, 0.2) is 0 Å². The molecule has 3 nitrogen and oxygen atoms in total. The van der Waals surface area contributed by atoms with E-state index in [0.29, 0.717) is 11.8 Å². The average Bonchev–Trinajstić information content (AvgIpc) is 2.42. The third-order valence-electron chi connectivity index (χ3n) is 3.70. The smallest absolute Gasteiger partial charge is 0.115 e. The van der Waals surface area contributed by atoms with Crippen molar-refractivity contribution in [3.63, 3.8) is 0 Å². The van der Waals surface area contributed by atoms with Crippen molar-refractivity contribution in [3.8, 4) is 0 Å². The first-order valence-corrected chi connectivity index (χ1v) is 7.52. The summed E-state index contributed by atoms with van der Waals surface area (Å²) >= 11 is 0. The summed E-state index contributed by atoms with van der Waals surface area (Å²) in [7, 11) is 0. The molecule has 2 aromatic heterocycles. The zero-order valence-corrected chi connectivity index (χ0v) is 14.3. The van der Waals surface area contributed by atoms with Gasteiger partial charge in [-0.25, -0.2) is 9.97 Å². The van der Waals surface area contributed by atoms with Crippen LogP contribution in [-0.4, -0.2) is 15.0 Å². The molecule has 0 amide bonds. The summed E-state index contributed by atoms with van der Waals surface area (Å²) in [6.45, 7) is 15.0. The molecule has 0 saturated heterocycles. The number of pyridine rings is 1. The van der Waals surface area contributed by atoms with Crippen LogP contribution < -0.4 is 0 Å². The highest BCUT2D eigenvalue weighted by atomic mass is 14.8. The quantitative estimate of drug-likeness (QED) is 0.800. The SMILES string of the molecule is Cc1cncc(C(C)C)c1C.Cc1ncncc1C(C)C. The van der Waals surface area contributed by atoms with Gasteiger partial charge in [0, 0.05) is 24.3 Å². The highest BCUT2D eigenvalue weighted by molar-refractivity contribution is 5.31. The Morgan fingerprint density at radius 3 is 1.76 bits per heavy atom. The Morgan fingerprint density at radius 2 is 1.33 bits per heavy atom. The molecule has 2 rings (SSSR count). The fourth-order valence-corrected chi connectivity index (χ4v) is 2.20. The predicted molar refractivity (Wildman–Crippen MR) is 88.7 cm³/mol. The van der Waals surface area contributed by atoms with Crippen molar-refractivity contribution in [1.29, 1.82) is 0 Å². The van der Waals surface area contributed by atoms with Gasteiger partial charge in [0.05, 0.1) is 0 Å². The van der Waals surface area contributed by atoms with Crippen LogP contribution >= 0.6 is 0 Å². The molecule has 2 heterocycles. The summed E-state index contributed by atoms with van der Waals surface area (Å²) < 4.78 is 0. The Hall–Kier alpha value is -1.77. The molecule has 21 heavy (non-hydrogen) atoms.